The van der Waals surface area contributed by atoms with Crippen LogP contribution in [0.25, 0.3) is 0 Å². The van der Waals surface area contributed by atoms with Gasteiger partial charge in [0.25, 0.3) is 0 Å². The number of hydrogen-bond donors (Lipinski definition) is 2. The molecule has 1 amide bonds. The minimum absolute atomic E-state index is 0.145. The van der Waals surface area contributed by atoms with E-state index in [0.29, 0.717) is 18.5 Å². The third-order valence-corrected chi connectivity index (χ3v) is 3.97. The van der Waals surface area contributed by atoms with E-state index in [1.807, 2.05) is 12.1 Å². The van der Waals surface area contributed by atoms with Crippen LogP contribution in [-0.4, -0.2) is 66.8 Å². The highest BCUT2D eigenvalue weighted by molar-refractivity contribution is 5.64. The fourth-order valence-electron chi connectivity index (χ4n) is 2.68. The summed E-state index contributed by atoms with van der Waals surface area (Å²) in [6, 6.07) is 9.25. The molecule has 2 rings (SSSR count). The lowest BCUT2D eigenvalue weighted by Crippen LogP contribution is -2.51. The van der Waals surface area contributed by atoms with Crippen LogP contribution < -0.4 is 5.32 Å². The molecule has 22 heavy (non-hydrogen) atoms. The predicted molar refractivity (Wildman–Crippen MR) is 83.7 cm³/mol. The summed E-state index contributed by atoms with van der Waals surface area (Å²) >= 11 is 0. The van der Waals surface area contributed by atoms with E-state index in [1.165, 1.54) is 0 Å². The van der Waals surface area contributed by atoms with Crippen molar-refractivity contribution in [3.8, 4) is 6.07 Å². The van der Waals surface area contributed by atoms with Gasteiger partial charge < -0.3 is 15.3 Å². The molecule has 6 heteroatoms. The Morgan fingerprint density at radius 2 is 1.95 bits per heavy atom. The van der Waals surface area contributed by atoms with Crippen LogP contribution in [0.15, 0.2) is 24.3 Å². The molecular formula is C16H22N4O2. The maximum atomic E-state index is 11.0. The van der Waals surface area contributed by atoms with Gasteiger partial charge in [0.15, 0.2) is 0 Å². The molecule has 1 fully saturated rings. The van der Waals surface area contributed by atoms with E-state index in [1.54, 1.807) is 12.1 Å². The summed E-state index contributed by atoms with van der Waals surface area (Å²) < 4.78 is 0. The highest BCUT2D eigenvalue weighted by Crippen LogP contribution is 2.09. The van der Waals surface area contributed by atoms with Crippen LogP contribution in [0.5, 0.6) is 0 Å². The average Bonchev–Trinajstić information content (AvgIpc) is 2.50. The van der Waals surface area contributed by atoms with Crippen LogP contribution in [0.1, 0.15) is 11.1 Å². The van der Waals surface area contributed by atoms with Crippen LogP contribution >= 0.6 is 0 Å². The van der Waals surface area contributed by atoms with Gasteiger partial charge in [-0.15, -0.1) is 0 Å². The Bertz CT molecular complexity index is 530. The third kappa shape index (κ3) is 5.02. The van der Waals surface area contributed by atoms with Gasteiger partial charge in [0.05, 0.1) is 11.6 Å². The molecule has 6 nitrogen and oxygen atoms in total. The lowest BCUT2D eigenvalue weighted by molar-refractivity contribution is 0.137. The minimum atomic E-state index is -0.993. The summed E-state index contributed by atoms with van der Waals surface area (Å²) in [6.45, 7) is 4.65. The molecule has 1 aliphatic rings. The SMILES string of the molecule is CN1CCN(C[C@@H](Cc2ccc(C#N)cc2)NC(=O)O)CC1. The Hall–Kier alpha value is -2.10. The predicted octanol–water partition coefficient (Wildman–Crippen LogP) is 0.984. The van der Waals surface area contributed by atoms with Crippen molar-refractivity contribution < 1.29 is 9.90 Å². The number of hydrogen-bond acceptors (Lipinski definition) is 4. The smallest absolute Gasteiger partial charge is 0.404 e. The van der Waals surface area contributed by atoms with Gasteiger partial charge in [-0.2, -0.15) is 5.26 Å². The zero-order chi connectivity index (χ0) is 15.9. The van der Waals surface area contributed by atoms with Crippen molar-refractivity contribution in [2.75, 3.05) is 39.8 Å². The molecule has 1 atom stereocenters. The molecule has 0 radical (unpaired) electrons. The monoisotopic (exact) mass is 302 g/mol. The lowest BCUT2D eigenvalue weighted by Gasteiger charge is -2.34. The number of nitrogens with one attached hydrogen (secondary N) is 1. The van der Waals surface area contributed by atoms with Gasteiger partial charge in [-0.1, -0.05) is 12.1 Å². The molecular weight excluding hydrogens is 280 g/mol. The molecule has 1 aromatic carbocycles. The van der Waals surface area contributed by atoms with Crippen molar-refractivity contribution in [1.29, 1.82) is 5.26 Å². The highest BCUT2D eigenvalue weighted by atomic mass is 16.4. The number of nitriles is 1. The largest absolute Gasteiger partial charge is 0.465 e. The van der Waals surface area contributed by atoms with Crippen LogP contribution in [0.3, 0.4) is 0 Å². The second-order valence-electron chi connectivity index (χ2n) is 5.76. The lowest BCUT2D eigenvalue weighted by atomic mass is 10.0. The van der Waals surface area contributed by atoms with E-state index in [4.69, 9.17) is 10.4 Å². The molecule has 1 saturated heterocycles. The van der Waals surface area contributed by atoms with Crippen molar-refractivity contribution in [3.05, 3.63) is 35.4 Å². The van der Waals surface area contributed by atoms with E-state index in [2.05, 4.69) is 28.2 Å². The average molecular weight is 302 g/mol. The molecule has 0 unspecified atom stereocenters. The van der Waals surface area contributed by atoms with Crippen molar-refractivity contribution in [1.82, 2.24) is 15.1 Å². The first-order valence-corrected chi connectivity index (χ1v) is 7.46. The Kier molecular flexibility index (Phi) is 5.75. The van der Waals surface area contributed by atoms with E-state index in [-0.39, 0.29) is 6.04 Å². The summed E-state index contributed by atoms with van der Waals surface area (Å²) in [5.74, 6) is 0. The second kappa shape index (κ2) is 7.78. The molecule has 2 N–H and O–H groups in total. The normalized spacial score (nSPS) is 17.6. The highest BCUT2D eigenvalue weighted by Gasteiger charge is 2.20. The number of carboxylic acid groups (broad SMARTS) is 1. The second-order valence-corrected chi connectivity index (χ2v) is 5.76. The summed E-state index contributed by atoms with van der Waals surface area (Å²) in [5.41, 5.74) is 1.65. The third-order valence-electron chi connectivity index (χ3n) is 3.97. The fourth-order valence-corrected chi connectivity index (χ4v) is 2.68. The molecule has 1 heterocycles. The summed E-state index contributed by atoms with van der Waals surface area (Å²) in [5, 5.41) is 20.5. The number of likely N-dealkylation sites (N-methyl/N-ethyl adjacent to an activating group) is 1. The number of amides is 1. The van der Waals surface area contributed by atoms with Crippen molar-refractivity contribution in [2.24, 2.45) is 0 Å². The molecule has 1 aromatic rings. The molecule has 0 spiro atoms. The zero-order valence-corrected chi connectivity index (χ0v) is 12.8. The first-order valence-electron chi connectivity index (χ1n) is 7.46. The van der Waals surface area contributed by atoms with Gasteiger partial charge >= 0.3 is 6.09 Å². The minimum Gasteiger partial charge on any atom is -0.465 e. The zero-order valence-electron chi connectivity index (χ0n) is 12.8. The van der Waals surface area contributed by atoms with E-state index >= 15 is 0 Å². The number of piperazine rings is 1. The molecule has 118 valence electrons. The molecule has 0 aromatic heterocycles. The van der Waals surface area contributed by atoms with Gasteiger partial charge in [-0.25, -0.2) is 4.79 Å². The Balaban J connectivity index is 1.96. The Morgan fingerprint density at radius 1 is 1.32 bits per heavy atom. The van der Waals surface area contributed by atoms with Crippen molar-refractivity contribution >= 4 is 6.09 Å². The Labute approximate surface area is 130 Å². The summed E-state index contributed by atoms with van der Waals surface area (Å²) in [7, 11) is 2.10. The van der Waals surface area contributed by atoms with E-state index in [9.17, 15) is 4.79 Å². The van der Waals surface area contributed by atoms with Gasteiger partial charge in [-0.05, 0) is 31.2 Å². The standard InChI is InChI=1S/C16H22N4O2/c1-19-6-8-20(9-7-19)12-15(18-16(21)22)10-13-2-4-14(11-17)5-3-13/h2-5,15,18H,6-10,12H2,1H3,(H,21,22)/t15-/m1/s1. The van der Waals surface area contributed by atoms with E-state index < -0.39 is 6.09 Å². The van der Waals surface area contributed by atoms with Crippen LogP contribution in [0.2, 0.25) is 0 Å². The van der Waals surface area contributed by atoms with E-state index in [0.717, 1.165) is 31.7 Å². The Morgan fingerprint density at radius 3 is 2.50 bits per heavy atom. The molecule has 0 saturated carbocycles. The first kappa shape index (κ1) is 16.3. The van der Waals surface area contributed by atoms with Gasteiger partial charge in [-0.3, -0.25) is 4.90 Å². The summed E-state index contributed by atoms with van der Waals surface area (Å²) in [4.78, 5) is 15.6. The van der Waals surface area contributed by atoms with Gasteiger partial charge in [0.2, 0.25) is 0 Å². The quantitative estimate of drug-likeness (QED) is 0.848. The maximum absolute atomic E-state index is 11.0. The van der Waals surface area contributed by atoms with Crippen molar-refractivity contribution in [2.45, 2.75) is 12.5 Å². The van der Waals surface area contributed by atoms with Crippen LogP contribution in [0, 0.1) is 11.3 Å². The fraction of sp³-hybridized carbons (Fsp3) is 0.500. The number of rotatable bonds is 5. The maximum Gasteiger partial charge on any atom is 0.404 e. The summed E-state index contributed by atoms with van der Waals surface area (Å²) in [6.07, 6.45) is -0.363. The molecule has 0 aliphatic carbocycles. The molecule has 1 aliphatic heterocycles. The van der Waals surface area contributed by atoms with Gasteiger partial charge in [0, 0.05) is 38.8 Å². The van der Waals surface area contributed by atoms with Crippen LogP contribution in [-0.2, 0) is 6.42 Å². The van der Waals surface area contributed by atoms with Gasteiger partial charge in [0.1, 0.15) is 0 Å². The number of carbonyl (C=O) groups is 1. The topological polar surface area (TPSA) is 79.6 Å². The number of nitrogens with zero attached hydrogens (tertiary/aromatic N) is 3. The van der Waals surface area contributed by atoms with Crippen molar-refractivity contribution in [3.63, 3.8) is 0 Å². The van der Waals surface area contributed by atoms with Crippen LogP contribution in [0.4, 0.5) is 4.79 Å². The molecule has 0 bridgehead atoms. The number of benzene rings is 1. The first-order chi connectivity index (χ1) is 10.6.